The Labute approximate surface area is 108 Å². The van der Waals surface area contributed by atoms with E-state index in [-0.39, 0.29) is 5.91 Å². The number of aliphatic carboxylic acids is 1. The Kier molecular flexibility index (Phi) is 3.90. The van der Waals surface area contributed by atoms with Crippen molar-refractivity contribution in [2.75, 3.05) is 26.2 Å². The Morgan fingerprint density at radius 1 is 1.17 bits per heavy atom. The molecule has 2 saturated heterocycles. The predicted molar refractivity (Wildman–Crippen MR) is 67.3 cm³/mol. The minimum atomic E-state index is -0.984. The summed E-state index contributed by atoms with van der Waals surface area (Å²) < 4.78 is 0. The van der Waals surface area contributed by atoms with Crippen molar-refractivity contribution < 1.29 is 14.7 Å². The van der Waals surface area contributed by atoms with Crippen molar-refractivity contribution in [1.82, 2.24) is 9.80 Å². The average molecular weight is 254 g/mol. The highest BCUT2D eigenvalue weighted by Gasteiger charge is 2.45. The normalized spacial score (nSPS) is 28.8. The Bertz CT molecular complexity index is 339. The Hall–Kier alpha value is -1.10. The number of hydrogen-bond donors (Lipinski definition) is 1. The van der Waals surface area contributed by atoms with Gasteiger partial charge in [-0.15, -0.1) is 0 Å². The van der Waals surface area contributed by atoms with Gasteiger partial charge in [-0.05, 0) is 45.7 Å². The maximum Gasteiger partial charge on any atom is 0.329 e. The molecule has 0 aliphatic carbocycles. The maximum atomic E-state index is 12.2. The van der Waals surface area contributed by atoms with Gasteiger partial charge < -0.3 is 14.9 Å². The summed E-state index contributed by atoms with van der Waals surface area (Å²) in [4.78, 5) is 27.3. The molecular weight excluding hydrogens is 232 g/mol. The molecule has 2 aliphatic rings. The van der Waals surface area contributed by atoms with Gasteiger partial charge in [0.05, 0.1) is 0 Å². The average Bonchev–Trinajstić information content (AvgIpc) is 2.95. The van der Waals surface area contributed by atoms with Gasteiger partial charge in [-0.25, -0.2) is 4.79 Å². The van der Waals surface area contributed by atoms with Crippen LogP contribution in [0.2, 0.25) is 0 Å². The van der Waals surface area contributed by atoms with E-state index in [1.165, 1.54) is 12.8 Å². The van der Waals surface area contributed by atoms with Crippen LogP contribution < -0.4 is 0 Å². The summed E-state index contributed by atoms with van der Waals surface area (Å²) in [5.41, 5.74) is -0.984. The van der Waals surface area contributed by atoms with Gasteiger partial charge in [0.25, 0.3) is 0 Å². The second kappa shape index (κ2) is 5.26. The van der Waals surface area contributed by atoms with Crippen molar-refractivity contribution in [3.05, 3.63) is 0 Å². The van der Waals surface area contributed by atoms with Crippen LogP contribution in [-0.2, 0) is 9.59 Å². The highest BCUT2D eigenvalue weighted by atomic mass is 16.4. The molecule has 5 heteroatoms. The van der Waals surface area contributed by atoms with E-state index < -0.39 is 11.5 Å². The minimum Gasteiger partial charge on any atom is -0.480 e. The fourth-order valence-corrected chi connectivity index (χ4v) is 2.98. The lowest BCUT2D eigenvalue weighted by atomic mass is 9.99. The first kappa shape index (κ1) is 13.3. The summed E-state index contributed by atoms with van der Waals surface area (Å²) in [7, 11) is 0. The maximum absolute atomic E-state index is 12.2. The number of hydrogen-bond acceptors (Lipinski definition) is 3. The first-order chi connectivity index (χ1) is 8.54. The van der Waals surface area contributed by atoms with Crippen LogP contribution in [0.3, 0.4) is 0 Å². The van der Waals surface area contributed by atoms with Crippen LogP contribution in [0.25, 0.3) is 0 Å². The van der Waals surface area contributed by atoms with Crippen LogP contribution in [-0.4, -0.2) is 58.5 Å². The van der Waals surface area contributed by atoms with Gasteiger partial charge in [-0.2, -0.15) is 0 Å². The number of carboxylic acid groups (broad SMARTS) is 1. The predicted octanol–water partition coefficient (Wildman–Crippen LogP) is 0.938. The molecule has 0 aromatic carbocycles. The lowest BCUT2D eigenvalue weighted by molar-refractivity contribution is -0.155. The number of carbonyl (C=O) groups excluding carboxylic acids is 1. The summed E-state index contributed by atoms with van der Waals surface area (Å²) in [6, 6.07) is 0. The largest absolute Gasteiger partial charge is 0.480 e. The van der Waals surface area contributed by atoms with Crippen LogP contribution >= 0.6 is 0 Å². The zero-order valence-corrected chi connectivity index (χ0v) is 11.0. The van der Waals surface area contributed by atoms with Crippen molar-refractivity contribution in [3.8, 4) is 0 Å². The molecule has 2 aliphatic heterocycles. The Morgan fingerprint density at radius 2 is 1.83 bits per heavy atom. The number of amides is 1. The molecular formula is C13H22N2O3. The van der Waals surface area contributed by atoms with E-state index in [0.717, 1.165) is 26.1 Å². The first-order valence-electron chi connectivity index (χ1n) is 6.80. The molecule has 5 nitrogen and oxygen atoms in total. The molecule has 0 radical (unpaired) electrons. The molecule has 0 bridgehead atoms. The van der Waals surface area contributed by atoms with Gasteiger partial charge >= 0.3 is 5.97 Å². The second-order valence-electron chi connectivity index (χ2n) is 5.53. The third-order valence-corrected chi connectivity index (χ3v) is 4.24. The first-order valence-corrected chi connectivity index (χ1v) is 6.80. The highest BCUT2D eigenvalue weighted by molar-refractivity contribution is 5.87. The van der Waals surface area contributed by atoms with Crippen molar-refractivity contribution in [3.63, 3.8) is 0 Å². The lowest BCUT2D eigenvalue weighted by Crippen LogP contribution is -2.51. The molecule has 0 spiro atoms. The van der Waals surface area contributed by atoms with Crippen LogP contribution in [0.4, 0.5) is 0 Å². The molecule has 18 heavy (non-hydrogen) atoms. The topological polar surface area (TPSA) is 60.9 Å². The number of nitrogens with zero attached hydrogens (tertiary/aromatic N) is 2. The number of carboxylic acids is 1. The smallest absolute Gasteiger partial charge is 0.329 e. The quantitative estimate of drug-likeness (QED) is 0.811. The summed E-state index contributed by atoms with van der Waals surface area (Å²) in [5.74, 6) is -0.890. The van der Waals surface area contributed by atoms with Gasteiger partial charge in [0.1, 0.15) is 5.54 Å². The molecule has 0 aromatic heterocycles. The summed E-state index contributed by atoms with van der Waals surface area (Å²) in [6.45, 7) is 5.16. The molecule has 1 N–H and O–H groups in total. The Balaban J connectivity index is 1.89. The number of likely N-dealkylation sites (tertiary alicyclic amines) is 2. The van der Waals surface area contributed by atoms with Gasteiger partial charge in [-0.3, -0.25) is 4.79 Å². The Morgan fingerprint density at radius 3 is 2.44 bits per heavy atom. The molecule has 102 valence electrons. The SMILES string of the molecule is CC1(C(=O)O)CCCN1C(=O)CCN1CCCC1. The zero-order chi connectivity index (χ0) is 13.2. The molecule has 1 atom stereocenters. The van der Waals surface area contributed by atoms with Crippen LogP contribution in [0, 0.1) is 0 Å². The fourth-order valence-electron chi connectivity index (χ4n) is 2.98. The zero-order valence-electron chi connectivity index (χ0n) is 11.0. The lowest BCUT2D eigenvalue weighted by Gasteiger charge is -2.31. The van der Waals surface area contributed by atoms with Gasteiger partial charge in [0.15, 0.2) is 0 Å². The van der Waals surface area contributed by atoms with Crippen LogP contribution in [0.5, 0.6) is 0 Å². The van der Waals surface area contributed by atoms with Crippen molar-refractivity contribution >= 4 is 11.9 Å². The molecule has 2 rings (SSSR count). The number of carbonyl (C=O) groups is 2. The monoisotopic (exact) mass is 254 g/mol. The van der Waals surface area contributed by atoms with E-state index in [0.29, 0.717) is 19.4 Å². The highest BCUT2D eigenvalue weighted by Crippen LogP contribution is 2.29. The van der Waals surface area contributed by atoms with E-state index in [9.17, 15) is 14.7 Å². The second-order valence-corrected chi connectivity index (χ2v) is 5.53. The van der Waals surface area contributed by atoms with Crippen LogP contribution in [0.1, 0.15) is 39.0 Å². The van der Waals surface area contributed by atoms with E-state index in [1.54, 1.807) is 11.8 Å². The third-order valence-electron chi connectivity index (χ3n) is 4.24. The molecule has 2 fully saturated rings. The standard InChI is InChI=1S/C13H22N2O3/c1-13(12(17)18)6-4-9-15(13)11(16)5-10-14-7-2-3-8-14/h2-10H2,1H3,(H,17,18). The van der Waals surface area contributed by atoms with Crippen molar-refractivity contribution in [2.45, 2.75) is 44.6 Å². The number of rotatable bonds is 4. The van der Waals surface area contributed by atoms with E-state index in [2.05, 4.69) is 4.90 Å². The molecule has 1 unspecified atom stereocenters. The summed E-state index contributed by atoms with van der Waals surface area (Å²) in [6.07, 6.45) is 4.23. The molecule has 1 amide bonds. The van der Waals surface area contributed by atoms with E-state index in [4.69, 9.17) is 0 Å². The van der Waals surface area contributed by atoms with Gasteiger partial charge in [0.2, 0.25) is 5.91 Å². The van der Waals surface area contributed by atoms with Crippen molar-refractivity contribution in [2.24, 2.45) is 0 Å². The van der Waals surface area contributed by atoms with E-state index >= 15 is 0 Å². The molecule has 2 heterocycles. The fraction of sp³-hybridized carbons (Fsp3) is 0.846. The van der Waals surface area contributed by atoms with Gasteiger partial charge in [0, 0.05) is 19.5 Å². The summed E-state index contributed by atoms with van der Waals surface area (Å²) in [5, 5.41) is 9.27. The summed E-state index contributed by atoms with van der Waals surface area (Å²) >= 11 is 0. The molecule has 0 saturated carbocycles. The van der Waals surface area contributed by atoms with Crippen molar-refractivity contribution in [1.29, 1.82) is 0 Å². The van der Waals surface area contributed by atoms with E-state index in [1.807, 2.05) is 0 Å². The van der Waals surface area contributed by atoms with Gasteiger partial charge in [-0.1, -0.05) is 0 Å². The molecule has 0 aromatic rings. The van der Waals surface area contributed by atoms with Crippen LogP contribution in [0.15, 0.2) is 0 Å². The minimum absolute atomic E-state index is 0.00991. The third kappa shape index (κ3) is 2.51.